The van der Waals surface area contributed by atoms with Crippen molar-refractivity contribution in [2.75, 3.05) is 5.32 Å². The Morgan fingerprint density at radius 3 is 2.29 bits per heavy atom. The van der Waals surface area contributed by atoms with E-state index in [9.17, 15) is 9.59 Å². The minimum atomic E-state index is -0.823. The first-order valence-corrected chi connectivity index (χ1v) is 10.5. The smallest absolute Gasteiger partial charge is 0.296 e. The summed E-state index contributed by atoms with van der Waals surface area (Å²) in [5.74, 6) is -1.60. The lowest BCUT2D eigenvalue weighted by Crippen LogP contribution is -2.23. The number of amides is 1. The first-order chi connectivity index (χ1) is 14.8. The van der Waals surface area contributed by atoms with Crippen LogP contribution in [-0.2, 0) is 11.3 Å². The van der Waals surface area contributed by atoms with Crippen molar-refractivity contribution in [1.82, 2.24) is 9.55 Å². The van der Waals surface area contributed by atoms with E-state index in [4.69, 9.17) is 46.4 Å². The number of carbonyl (C=O) groups excluding carboxylic acids is 2. The van der Waals surface area contributed by atoms with E-state index in [0.717, 1.165) is 5.56 Å². The summed E-state index contributed by atoms with van der Waals surface area (Å²) in [6, 6.07) is 13.3. The molecule has 156 valence electrons. The highest BCUT2D eigenvalue weighted by Crippen LogP contribution is 2.34. The van der Waals surface area contributed by atoms with Crippen molar-refractivity contribution in [1.29, 1.82) is 0 Å². The SMILES string of the molecule is O=C(Nc1ccncc1)C(=O)c1c(Cl)n(Cc2ccc(Cl)cc2Cl)c2ccc(Cl)cc12. The quantitative estimate of drug-likeness (QED) is 0.255. The average molecular weight is 493 g/mol. The molecule has 0 aliphatic rings. The topological polar surface area (TPSA) is 64.0 Å². The number of nitrogens with one attached hydrogen (secondary N) is 1. The molecule has 0 saturated heterocycles. The number of rotatable bonds is 5. The molecule has 2 aromatic carbocycles. The Hall–Kier alpha value is -2.57. The second kappa shape index (κ2) is 8.89. The molecule has 0 aliphatic heterocycles. The van der Waals surface area contributed by atoms with Gasteiger partial charge in [-0.2, -0.15) is 0 Å². The number of carbonyl (C=O) groups is 2. The zero-order valence-corrected chi connectivity index (χ0v) is 18.7. The highest BCUT2D eigenvalue weighted by Gasteiger charge is 2.27. The van der Waals surface area contributed by atoms with Crippen molar-refractivity contribution in [3.05, 3.63) is 92.3 Å². The van der Waals surface area contributed by atoms with E-state index in [1.54, 1.807) is 53.1 Å². The summed E-state index contributed by atoms with van der Waals surface area (Å²) in [5.41, 5.74) is 1.90. The molecule has 0 atom stereocenters. The molecule has 0 aliphatic carbocycles. The maximum absolute atomic E-state index is 13.1. The molecule has 0 fully saturated rings. The van der Waals surface area contributed by atoms with Gasteiger partial charge in [0, 0.05) is 38.5 Å². The average Bonchev–Trinajstić information content (AvgIpc) is 3.00. The van der Waals surface area contributed by atoms with Crippen LogP contribution in [0.25, 0.3) is 10.9 Å². The molecule has 0 bridgehead atoms. The fourth-order valence-corrected chi connectivity index (χ4v) is 4.20. The van der Waals surface area contributed by atoms with Gasteiger partial charge in [-0.05, 0) is 48.0 Å². The Labute approximate surface area is 197 Å². The van der Waals surface area contributed by atoms with E-state index in [-0.39, 0.29) is 17.3 Å². The summed E-state index contributed by atoms with van der Waals surface area (Å²) in [7, 11) is 0. The molecule has 2 aromatic heterocycles. The third-order valence-corrected chi connectivity index (χ3v) is 5.89. The number of ketones is 1. The molecule has 0 radical (unpaired) electrons. The molecule has 0 unspecified atom stereocenters. The van der Waals surface area contributed by atoms with Crippen LogP contribution in [0.3, 0.4) is 0 Å². The van der Waals surface area contributed by atoms with Crippen molar-refractivity contribution in [3.63, 3.8) is 0 Å². The van der Waals surface area contributed by atoms with Crippen LogP contribution in [0.5, 0.6) is 0 Å². The number of pyridine rings is 1. The standard InChI is InChI=1S/C22H13Cl4N3O2/c23-13-3-4-18-16(9-13)19(20(30)22(31)28-15-5-7-27-8-6-15)21(26)29(18)11-12-1-2-14(24)10-17(12)25/h1-10H,11H2,(H,27,28,31). The molecule has 0 saturated carbocycles. The Bertz CT molecular complexity index is 1320. The molecule has 4 aromatic rings. The van der Waals surface area contributed by atoms with E-state index in [1.807, 2.05) is 0 Å². The number of nitrogens with zero attached hydrogens (tertiary/aromatic N) is 2. The number of hydrogen-bond acceptors (Lipinski definition) is 3. The maximum atomic E-state index is 13.1. The van der Waals surface area contributed by atoms with Crippen molar-refractivity contribution in [2.45, 2.75) is 6.54 Å². The monoisotopic (exact) mass is 491 g/mol. The lowest BCUT2D eigenvalue weighted by molar-refractivity contribution is -0.112. The van der Waals surface area contributed by atoms with Crippen molar-refractivity contribution in [2.24, 2.45) is 0 Å². The molecule has 4 rings (SSSR count). The fourth-order valence-electron chi connectivity index (χ4n) is 3.22. The molecule has 1 N–H and O–H groups in total. The first-order valence-electron chi connectivity index (χ1n) is 9.02. The van der Waals surface area contributed by atoms with Crippen LogP contribution in [0.2, 0.25) is 20.2 Å². The molecule has 5 nitrogen and oxygen atoms in total. The number of anilines is 1. The van der Waals surface area contributed by atoms with Gasteiger partial charge in [-0.15, -0.1) is 0 Å². The Kier molecular flexibility index (Phi) is 6.21. The third-order valence-electron chi connectivity index (χ3n) is 4.68. The van der Waals surface area contributed by atoms with Gasteiger partial charge in [0.05, 0.1) is 17.6 Å². The Morgan fingerprint density at radius 1 is 0.903 bits per heavy atom. The summed E-state index contributed by atoms with van der Waals surface area (Å²) in [6.07, 6.45) is 3.02. The number of benzene rings is 2. The normalized spacial score (nSPS) is 11.0. The Morgan fingerprint density at radius 2 is 1.58 bits per heavy atom. The Balaban J connectivity index is 1.78. The number of Topliss-reactive ketones (excluding diaryl/α,β-unsaturated/α-hetero) is 1. The summed E-state index contributed by atoms with van der Waals surface area (Å²) < 4.78 is 1.70. The zero-order valence-electron chi connectivity index (χ0n) is 15.7. The highest BCUT2D eigenvalue weighted by molar-refractivity contribution is 6.52. The molecule has 2 heterocycles. The minimum Gasteiger partial charge on any atom is -0.326 e. The number of hydrogen-bond donors (Lipinski definition) is 1. The number of aromatic nitrogens is 2. The van der Waals surface area contributed by atoms with Crippen LogP contribution < -0.4 is 5.32 Å². The lowest BCUT2D eigenvalue weighted by atomic mass is 10.1. The van der Waals surface area contributed by atoms with E-state index in [2.05, 4.69) is 10.3 Å². The predicted molar refractivity (Wildman–Crippen MR) is 125 cm³/mol. The van der Waals surface area contributed by atoms with Crippen molar-refractivity contribution >= 4 is 74.7 Å². The van der Waals surface area contributed by atoms with Gasteiger partial charge in [0.2, 0.25) is 0 Å². The molecule has 0 spiro atoms. The molecule has 1 amide bonds. The third kappa shape index (κ3) is 4.41. The van der Waals surface area contributed by atoms with Gasteiger partial charge >= 0.3 is 0 Å². The molecule has 9 heteroatoms. The molecular weight excluding hydrogens is 480 g/mol. The van der Waals surface area contributed by atoms with E-state index < -0.39 is 11.7 Å². The summed E-state index contributed by atoms with van der Waals surface area (Å²) in [4.78, 5) is 29.6. The number of halogens is 4. The van der Waals surface area contributed by atoms with E-state index >= 15 is 0 Å². The molecule has 31 heavy (non-hydrogen) atoms. The first kappa shape index (κ1) is 21.7. The highest BCUT2D eigenvalue weighted by atomic mass is 35.5. The second-order valence-electron chi connectivity index (χ2n) is 6.67. The van der Waals surface area contributed by atoms with E-state index in [0.29, 0.717) is 31.7 Å². The van der Waals surface area contributed by atoms with Crippen LogP contribution in [-0.4, -0.2) is 21.2 Å². The minimum absolute atomic E-state index is 0.0656. The van der Waals surface area contributed by atoms with Gasteiger partial charge in [-0.1, -0.05) is 52.5 Å². The summed E-state index contributed by atoms with van der Waals surface area (Å²) in [6.45, 7) is 0.270. The largest absolute Gasteiger partial charge is 0.326 e. The van der Waals surface area contributed by atoms with Gasteiger partial charge in [-0.25, -0.2) is 0 Å². The fraction of sp³-hybridized carbons (Fsp3) is 0.0455. The zero-order chi connectivity index (χ0) is 22.1. The summed E-state index contributed by atoms with van der Waals surface area (Å²) >= 11 is 25.1. The van der Waals surface area contributed by atoms with Crippen LogP contribution in [0.4, 0.5) is 5.69 Å². The van der Waals surface area contributed by atoms with Gasteiger partial charge < -0.3 is 9.88 Å². The molecular formula is C22H13Cl4N3O2. The van der Waals surface area contributed by atoms with Crippen molar-refractivity contribution < 1.29 is 9.59 Å². The van der Waals surface area contributed by atoms with Crippen LogP contribution >= 0.6 is 46.4 Å². The predicted octanol–water partition coefficient (Wildman–Crippen LogP) is 6.52. The van der Waals surface area contributed by atoms with Crippen LogP contribution in [0, 0.1) is 0 Å². The lowest BCUT2D eigenvalue weighted by Gasteiger charge is -2.10. The number of fused-ring (bicyclic) bond motifs is 1. The van der Waals surface area contributed by atoms with Crippen LogP contribution in [0.1, 0.15) is 15.9 Å². The maximum Gasteiger partial charge on any atom is 0.296 e. The second-order valence-corrected chi connectivity index (χ2v) is 8.31. The van der Waals surface area contributed by atoms with E-state index in [1.165, 1.54) is 12.4 Å². The van der Waals surface area contributed by atoms with Crippen LogP contribution in [0.15, 0.2) is 60.9 Å². The van der Waals surface area contributed by atoms with Crippen molar-refractivity contribution in [3.8, 4) is 0 Å². The van der Waals surface area contributed by atoms with Gasteiger partial charge in [0.1, 0.15) is 5.15 Å². The van der Waals surface area contributed by atoms with Gasteiger partial charge in [0.25, 0.3) is 11.7 Å². The van der Waals surface area contributed by atoms with Gasteiger partial charge in [0.15, 0.2) is 0 Å². The summed E-state index contributed by atoms with van der Waals surface area (Å²) in [5, 5.41) is 4.51. The van der Waals surface area contributed by atoms with Gasteiger partial charge in [-0.3, -0.25) is 14.6 Å².